The van der Waals surface area contributed by atoms with E-state index in [4.69, 9.17) is 11.6 Å². The van der Waals surface area contributed by atoms with Gasteiger partial charge in [0.15, 0.2) is 0 Å². The van der Waals surface area contributed by atoms with Crippen LogP contribution < -0.4 is 0 Å². The maximum Gasteiger partial charge on any atom is 0.0390 e. The zero-order valence-electron chi connectivity index (χ0n) is 8.93. The van der Waals surface area contributed by atoms with Crippen LogP contribution in [-0.4, -0.2) is 61.3 Å². The minimum atomic E-state index is 0.418. The zero-order valence-corrected chi connectivity index (χ0v) is 11.3. The monoisotopic (exact) mass is 270 g/mol. The van der Waals surface area contributed by atoms with Gasteiger partial charge in [0.05, 0.1) is 0 Å². The van der Waals surface area contributed by atoms with Gasteiger partial charge >= 0.3 is 0 Å². The maximum absolute atomic E-state index is 5.89. The van der Waals surface area contributed by atoms with Crippen LogP contribution in [0.25, 0.3) is 0 Å². The molecule has 0 spiro atoms. The topological polar surface area (TPSA) is 6.48 Å². The Morgan fingerprint density at radius 3 is 2.08 bits per heavy atom. The maximum atomic E-state index is 5.89. The van der Waals surface area contributed by atoms with E-state index in [1.807, 2.05) is 0 Å². The van der Waals surface area contributed by atoms with E-state index in [1.54, 1.807) is 0 Å². The highest BCUT2D eigenvalue weighted by molar-refractivity contribution is 9.09. The molecule has 0 fully saturated rings. The molecule has 0 heterocycles. The molecule has 0 saturated heterocycles. The molecule has 0 aliphatic carbocycles. The fourth-order valence-corrected chi connectivity index (χ4v) is 2.70. The molecular formula is C9H20BrClN2. The van der Waals surface area contributed by atoms with Crippen molar-refractivity contribution in [1.29, 1.82) is 0 Å². The van der Waals surface area contributed by atoms with E-state index >= 15 is 0 Å². The van der Waals surface area contributed by atoms with Gasteiger partial charge in [0.1, 0.15) is 0 Å². The van der Waals surface area contributed by atoms with Gasteiger partial charge in [-0.25, -0.2) is 0 Å². The van der Waals surface area contributed by atoms with Gasteiger partial charge in [-0.2, -0.15) is 0 Å². The van der Waals surface area contributed by atoms with Gasteiger partial charge in [-0.05, 0) is 41.2 Å². The van der Waals surface area contributed by atoms with Crippen LogP contribution in [0.3, 0.4) is 0 Å². The summed E-state index contributed by atoms with van der Waals surface area (Å²) in [5, 5.41) is 0. The molecule has 13 heavy (non-hydrogen) atoms. The predicted octanol–water partition coefficient (Wildman–Crippen LogP) is 1.87. The molecule has 80 valence electrons. The van der Waals surface area contributed by atoms with Crippen LogP contribution >= 0.6 is 27.5 Å². The van der Waals surface area contributed by atoms with Gasteiger partial charge in [-0.3, -0.25) is 0 Å². The zero-order chi connectivity index (χ0) is 10.4. The Morgan fingerprint density at radius 1 is 1.23 bits per heavy atom. The molecule has 0 N–H and O–H groups in total. The molecule has 2 unspecified atom stereocenters. The van der Waals surface area contributed by atoms with Crippen molar-refractivity contribution >= 4 is 27.5 Å². The molecule has 0 aromatic carbocycles. The van der Waals surface area contributed by atoms with Crippen molar-refractivity contribution in [1.82, 2.24) is 9.80 Å². The summed E-state index contributed by atoms with van der Waals surface area (Å²) in [5.41, 5.74) is 0. The Morgan fingerprint density at radius 2 is 1.77 bits per heavy atom. The Kier molecular flexibility index (Phi) is 7.42. The number of hydrogen-bond donors (Lipinski definition) is 0. The van der Waals surface area contributed by atoms with Crippen LogP contribution in [0.4, 0.5) is 0 Å². The largest absolute Gasteiger partial charge is 0.309 e. The van der Waals surface area contributed by atoms with Gasteiger partial charge in [0.25, 0.3) is 0 Å². The van der Waals surface area contributed by atoms with E-state index in [0.29, 0.717) is 16.7 Å². The summed E-state index contributed by atoms with van der Waals surface area (Å²) in [6.07, 6.45) is 1.13. The second-order valence-electron chi connectivity index (χ2n) is 3.79. The highest BCUT2D eigenvalue weighted by Gasteiger charge is 2.19. The summed E-state index contributed by atoms with van der Waals surface area (Å²) in [5.74, 6) is 0.677. The minimum absolute atomic E-state index is 0.418. The van der Waals surface area contributed by atoms with E-state index in [0.717, 1.165) is 13.0 Å². The van der Waals surface area contributed by atoms with Gasteiger partial charge in [0.2, 0.25) is 0 Å². The van der Waals surface area contributed by atoms with Crippen molar-refractivity contribution in [2.45, 2.75) is 17.3 Å². The van der Waals surface area contributed by atoms with E-state index in [1.165, 1.54) is 0 Å². The molecule has 0 aliphatic rings. The summed E-state index contributed by atoms with van der Waals surface area (Å²) >= 11 is 9.57. The SMILES string of the molecule is CN(C)CCC(Br)C(CCl)N(C)C. The van der Waals surface area contributed by atoms with Crippen molar-refractivity contribution < 1.29 is 0 Å². The molecule has 2 atom stereocenters. The van der Waals surface area contributed by atoms with Crippen LogP contribution in [-0.2, 0) is 0 Å². The van der Waals surface area contributed by atoms with E-state index < -0.39 is 0 Å². The molecule has 0 rings (SSSR count). The highest BCUT2D eigenvalue weighted by Crippen LogP contribution is 2.15. The summed E-state index contributed by atoms with van der Waals surface area (Å²) < 4.78 is 0. The molecule has 4 heteroatoms. The van der Waals surface area contributed by atoms with Crippen molar-refractivity contribution in [2.24, 2.45) is 0 Å². The summed E-state index contributed by atoms with van der Waals surface area (Å²) in [6.45, 7) is 1.09. The second kappa shape index (κ2) is 7.04. The lowest BCUT2D eigenvalue weighted by atomic mass is 10.1. The number of nitrogens with zero attached hydrogens (tertiary/aromatic N) is 2. The second-order valence-corrected chi connectivity index (χ2v) is 5.28. The third-order valence-electron chi connectivity index (χ3n) is 2.09. The molecule has 2 nitrogen and oxygen atoms in total. The first-order chi connectivity index (χ1) is 5.99. The molecule has 0 amide bonds. The standard InChI is InChI=1S/C9H20BrClN2/c1-12(2)6-5-8(10)9(7-11)13(3)4/h8-9H,5-7H2,1-4H3. The van der Waals surface area contributed by atoms with Gasteiger partial charge in [-0.1, -0.05) is 15.9 Å². The summed E-state index contributed by atoms with van der Waals surface area (Å²) in [6, 6.07) is 0.418. The predicted molar refractivity (Wildman–Crippen MR) is 64.1 cm³/mol. The number of halogens is 2. The van der Waals surface area contributed by atoms with Crippen molar-refractivity contribution in [3.8, 4) is 0 Å². The lowest BCUT2D eigenvalue weighted by Gasteiger charge is -2.27. The minimum Gasteiger partial charge on any atom is -0.309 e. The molecule has 0 bridgehead atoms. The molecule has 0 aliphatic heterocycles. The molecule has 0 saturated carbocycles. The molecule has 0 radical (unpaired) electrons. The van der Waals surface area contributed by atoms with Crippen LogP contribution in [0.1, 0.15) is 6.42 Å². The van der Waals surface area contributed by atoms with Crippen molar-refractivity contribution in [3.63, 3.8) is 0 Å². The third-order valence-corrected chi connectivity index (χ3v) is 3.48. The number of rotatable bonds is 6. The Hall–Kier alpha value is 0.690. The fraction of sp³-hybridized carbons (Fsp3) is 1.00. The Labute approximate surface area is 95.3 Å². The van der Waals surface area contributed by atoms with Crippen LogP contribution in [0.15, 0.2) is 0 Å². The molecular weight excluding hydrogens is 251 g/mol. The molecule has 0 aromatic heterocycles. The smallest absolute Gasteiger partial charge is 0.0390 e. The quantitative estimate of drug-likeness (QED) is 0.681. The first-order valence-electron chi connectivity index (χ1n) is 4.50. The number of hydrogen-bond acceptors (Lipinski definition) is 2. The fourth-order valence-electron chi connectivity index (χ4n) is 1.13. The first-order valence-corrected chi connectivity index (χ1v) is 5.95. The van der Waals surface area contributed by atoms with E-state index in [-0.39, 0.29) is 0 Å². The lowest BCUT2D eigenvalue weighted by molar-refractivity contribution is 0.292. The normalized spacial score (nSPS) is 16.6. The number of alkyl halides is 2. The average molecular weight is 272 g/mol. The Balaban J connectivity index is 3.84. The first kappa shape index (κ1) is 13.7. The lowest BCUT2D eigenvalue weighted by Crippen LogP contribution is -2.38. The Bertz CT molecular complexity index is 131. The van der Waals surface area contributed by atoms with E-state index in [2.05, 4.69) is 53.9 Å². The van der Waals surface area contributed by atoms with Gasteiger partial charge < -0.3 is 9.80 Å². The summed E-state index contributed by atoms with van der Waals surface area (Å²) in [4.78, 5) is 4.83. The van der Waals surface area contributed by atoms with Crippen LogP contribution in [0, 0.1) is 0 Å². The summed E-state index contributed by atoms with van der Waals surface area (Å²) in [7, 11) is 8.31. The van der Waals surface area contributed by atoms with E-state index in [9.17, 15) is 0 Å². The average Bonchev–Trinajstić information content (AvgIpc) is 2.01. The van der Waals surface area contributed by atoms with Crippen molar-refractivity contribution in [2.75, 3.05) is 40.6 Å². The van der Waals surface area contributed by atoms with Crippen LogP contribution in [0.5, 0.6) is 0 Å². The van der Waals surface area contributed by atoms with Crippen LogP contribution in [0.2, 0.25) is 0 Å². The van der Waals surface area contributed by atoms with Crippen molar-refractivity contribution in [3.05, 3.63) is 0 Å². The molecule has 0 aromatic rings. The van der Waals surface area contributed by atoms with Gasteiger partial charge in [0, 0.05) is 16.7 Å². The third kappa shape index (κ3) is 5.89. The highest BCUT2D eigenvalue weighted by atomic mass is 79.9. The van der Waals surface area contributed by atoms with Gasteiger partial charge in [-0.15, -0.1) is 11.6 Å².